The minimum absolute atomic E-state index is 0.191. The van der Waals surface area contributed by atoms with Gasteiger partial charge in [0.1, 0.15) is 5.75 Å². The summed E-state index contributed by atoms with van der Waals surface area (Å²) in [4.78, 5) is 23.6. The van der Waals surface area contributed by atoms with Gasteiger partial charge in [-0.3, -0.25) is 4.79 Å². The van der Waals surface area contributed by atoms with Crippen molar-refractivity contribution in [3.05, 3.63) is 29.3 Å². The van der Waals surface area contributed by atoms with Crippen molar-refractivity contribution in [2.45, 2.75) is 52.5 Å². The predicted molar refractivity (Wildman–Crippen MR) is 91.9 cm³/mol. The molecule has 1 saturated carbocycles. The minimum Gasteiger partial charge on any atom is -0.482 e. The molecule has 1 aliphatic carbocycles. The average Bonchev–Trinajstić information content (AvgIpc) is 2.54. The van der Waals surface area contributed by atoms with Crippen LogP contribution in [-0.2, 0) is 14.3 Å². The lowest BCUT2D eigenvalue weighted by Gasteiger charge is -2.29. The number of hydrogen-bond donors (Lipinski definition) is 1. The number of carbonyl (C=O) groups is 2. The third-order valence-electron chi connectivity index (χ3n) is 4.50. The number of rotatable bonds is 6. The van der Waals surface area contributed by atoms with Crippen LogP contribution in [0.15, 0.2) is 18.2 Å². The Morgan fingerprint density at radius 1 is 1.17 bits per heavy atom. The molecule has 5 heteroatoms. The molecule has 1 aliphatic rings. The Balaban J connectivity index is 1.69. The molecule has 1 aromatic carbocycles. The van der Waals surface area contributed by atoms with E-state index in [0.29, 0.717) is 11.7 Å². The first kappa shape index (κ1) is 18.3. The summed E-state index contributed by atoms with van der Waals surface area (Å²) in [5.41, 5.74) is 2.10. The van der Waals surface area contributed by atoms with Crippen LogP contribution in [0.1, 0.15) is 43.7 Å². The molecule has 2 rings (SSSR count). The van der Waals surface area contributed by atoms with E-state index >= 15 is 0 Å². The molecule has 2 atom stereocenters. The van der Waals surface area contributed by atoms with Gasteiger partial charge in [-0.05, 0) is 44.2 Å². The zero-order valence-corrected chi connectivity index (χ0v) is 14.8. The molecule has 0 aromatic heterocycles. The Hall–Kier alpha value is -2.04. The highest BCUT2D eigenvalue weighted by Crippen LogP contribution is 2.23. The molecule has 0 spiro atoms. The summed E-state index contributed by atoms with van der Waals surface area (Å²) < 4.78 is 10.4. The maximum absolute atomic E-state index is 11.9. The van der Waals surface area contributed by atoms with Crippen LogP contribution in [0.25, 0.3) is 0 Å². The fourth-order valence-corrected chi connectivity index (χ4v) is 3.06. The number of amides is 1. The van der Waals surface area contributed by atoms with Crippen molar-refractivity contribution in [3.63, 3.8) is 0 Å². The van der Waals surface area contributed by atoms with Gasteiger partial charge in [-0.1, -0.05) is 37.5 Å². The molecule has 0 aliphatic heterocycles. The van der Waals surface area contributed by atoms with Gasteiger partial charge in [0.25, 0.3) is 5.91 Å². The molecule has 0 saturated heterocycles. The van der Waals surface area contributed by atoms with Crippen LogP contribution in [0.2, 0.25) is 0 Å². The van der Waals surface area contributed by atoms with Gasteiger partial charge in [0.05, 0.1) is 0 Å². The molecule has 0 unspecified atom stereocenters. The molecule has 1 fully saturated rings. The number of aryl methyl sites for hydroxylation is 2. The number of benzene rings is 1. The largest absolute Gasteiger partial charge is 0.482 e. The lowest BCUT2D eigenvalue weighted by Crippen LogP contribution is -2.43. The molecule has 0 heterocycles. The highest BCUT2D eigenvalue weighted by molar-refractivity contribution is 5.81. The van der Waals surface area contributed by atoms with Gasteiger partial charge in [0, 0.05) is 6.04 Å². The molecule has 1 aromatic rings. The van der Waals surface area contributed by atoms with Crippen molar-refractivity contribution >= 4 is 11.9 Å². The lowest BCUT2D eigenvalue weighted by atomic mass is 9.86. The highest BCUT2D eigenvalue weighted by atomic mass is 16.6. The van der Waals surface area contributed by atoms with Crippen molar-refractivity contribution < 1.29 is 19.1 Å². The highest BCUT2D eigenvalue weighted by Gasteiger charge is 2.23. The summed E-state index contributed by atoms with van der Waals surface area (Å²) in [5, 5.41) is 2.96. The number of carbonyl (C=O) groups excluding carboxylic acids is 2. The molecular weight excluding hydrogens is 306 g/mol. The summed E-state index contributed by atoms with van der Waals surface area (Å²) in [6, 6.07) is 5.93. The predicted octanol–water partition coefficient (Wildman–Crippen LogP) is 2.92. The van der Waals surface area contributed by atoms with Gasteiger partial charge >= 0.3 is 5.97 Å². The van der Waals surface area contributed by atoms with Gasteiger partial charge in [0.15, 0.2) is 13.2 Å². The normalized spacial score (nSPS) is 20.3. The second kappa shape index (κ2) is 8.71. The zero-order chi connectivity index (χ0) is 17.5. The van der Waals surface area contributed by atoms with Crippen molar-refractivity contribution in [3.8, 4) is 5.75 Å². The first-order valence-electron chi connectivity index (χ1n) is 8.60. The van der Waals surface area contributed by atoms with Crippen LogP contribution in [0.3, 0.4) is 0 Å². The van der Waals surface area contributed by atoms with Crippen molar-refractivity contribution in [1.82, 2.24) is 5.32 Å². The zero-order valence-electron chi connectivity index (χ0n) is 14.8. The van der Waals surface area contributed by atoms with E-state index in [9.17, 15) is 9.59 Å². The third-order valence-corrected chi connectivity index (χ3v) is 4.50. The van der Waals surface area contributed by atoms with E-state index in [-0.39, 0.29) is 25.2 Å². The average molecular weight is 333 g/mol. The van der Waals surface area contributed by atoms with Crippen LogP contribution in [0.5, 0.6) is 5.75 Å². The van der Waals surface area contributed by atoms with E-state index in [1.165, 1.54) is 6.42 Å². The molecule has 0 radical (unpaired) electrons. The first-order chi connectivity index (χ1) is 11.5. The van der Waals surface area contributed by atoms with Crippen molar-refractivity contribution in [1.29, 1.82) is 0 Å². The lowest BCUT2D eigenvalue weighted by molar-refractivity contribution is -0.150. The van der Waals surface area contributed by atoms with Gasteiger partial charge in [-0.25, -0.2) is 4.79 Å². The SMILES string of the molecule is Cc1ccc(OCC(=O)OCC(=O)N[C@H]2CCCC[C@@H]2C)c(C)c1. The van der Waals surface area contributed by atoms with Gasteiger partial charge < -0.3 is 14.8 Å². The molecule has 0 bridgehead atoms. The number of hydrogen-bond acceptors (Lipinski definition) is 4. The molecule has 24 heavy (non-hydrogen) atoms. The van der Waals surface area contributed by atoms with Crippen LogP contribution in [-0.4, -0.2) is 31.1 Å². The van der Waals surface area contributed by atoms with Crippen LogP contribution in [0.4, 0.5) is 0 Å². The Bertz CT molecular complexity index is 585. The van der Waals surface area contributed by atoms with E-state index in [2.05, 4.69) is 12.2 Å². The molecule has 1 N–H and O–H groups in total. The Labute approximate surface area is 143 Å². The molecule has 5 nitrogen and oxygen atoms in total. The van der Waals surface area contributed by atoms with Crippen LogP contribution in [0, 0.1) is 19.8 Å². The monoisotopic (exact) mass is 333 g/mol. The Kier molecular flexibility index (Phi) is 6.64. The maximum Gasteiger partial charge on any atom is 0.344 e. The van der Waals surface area contributed by atoms with Gasteiger partial charge in [-0.15, -0.1) is 0 Å². The standard InChI is InChI=1S/C19H27NO4/c1-13-8-9-17(15(3)10-13)23-12-19(22)24-11-18(21)20-16-7-5-4-6-14(16)2/h8-10,14,16H,4-7,11-12H2,1-3H3,(H,20,21)/t14-,16-/m0/s1. The summed E-state index contributed by atoms with van der Waals surface area (Å²) >= 11 is 0. The third kappa shape index (κ3) is 5.55. The van der Waals surface area contributed by atoms with Crippen molar-refractivity contribution in [2.75, 3.05) is 13.2 Å². The quantitative estimate of drug-likeness (QED) is 0.813. The smallest absolute Gasteiger partial charge is 0.344 e. The molecular formula is C19H27NO4. The number of nitrogens with one attached hydrogen (secondary N) is 1. The van der Waals surface area contributed by atoms with Crippen LogP contribution >= 0.6 is 0 Å². The summed E-state index contributed by atoms with van der Waals surface area (Å²) in [5.74, 6) is 0.347. The Morgan fingerprint density at radius 3 is 2.62 bits per heavy atom. The second-order valence-electron chi connectivity index (χ2n) is 6.65. The van der Waals surface area contributed by atoms with Crippen molar-refractivity contribution in [2.24, 2.45) is 5.92 Å². The van der Waals surface area contributed by atoms with E-state index < -0.39 is 5.97 Å². The van der Waals surface area contributed by atoms with Gasteiger partial charge in [-0.2, -0.15) is 0 Å². The fraction of sp³-hybridized carbons (Fsp3) is 0.579. The van der Waals surface area contributed by atoms with E-state index in [1.54, 1.807) is 0 Å². The van der Waals surface area contributed by atoms with E-state index in [1.807, 2.05) is 32.0 Å². The topological polar surface area (TPSA) is 64.6 Å². The number of esters is 1. The van der Waals surface area contributed by atoms with E-state index in [0.717, 1.165) is 30.4 Å². The first-order valence-corrected chi connectivity index (χ1v) is 8.60. The molecule has 1 amide bonds. The Morgan fingerprint density at radius 2 is 1.92 bits per heavy atom. The second-order valence-corrected chi connectivity index (χ2v) is 6.65. The maximum atomic E-state index is 11.9. The fourth-order valence-electron chi connectivity index (χ4n) is 3.06. The summed E-state index contributed by atoms with van der Waals surface area (Å²) in [7, 11) is 0. The van der Waals surface area contributed by atoms with Gasteiger partial charge in [0.2, 0.25) is 0 Å². The number of ether oxygens (including phenoxy) is 2. The van der Waals surface area contributed by atoms with Crippen LogP contribution < -0.4 is 10.1 Å². The van der Waals surface area contributed by atoms with E-state index in [4.69, 9.17) is 9.47 Å². The minimum atomic E-state index is -0.540. The molecule has 132 valence electrons. The summed E-state index contributed by atoms with van der Waals surface area (Å²) in [6.45, 7) is 5.62. The summed E-state index contributed by atoms with van der Waals surface area (Å²) in [6.07, 6.45) is 4.49.